The van der Waals surface area contributed by atoms with E-state index in [9.17, 15) is 10.1 Å². The highest BCUT2D eigenvalue weighted by Gasteiger charge is 2.19. The van der Waals surface area contributed by atoms with Gasteiger partial charge in [-0.05, 0) is 17.9 Å². The molecule has 90 valence electrons. The molecule has 0 aliphatic heterocycles. The van der Waals surface area contributed by atoms with Gasteiger partial charge in [-0.2, -0.15) is 9.78 Å². The minimum absolute atomic E-state index is 0.0360. The van der Waals surface area contributed by atoms with Gasteiger partial charge in [0.05, 0.1) is 22.7 Å². The van der Waals surface area contributed by atoms with E-state index in [2.05, 4.69) is 10.2 Å². The van der Waals surface area contributed by atoms with Crippen molar-refractivity contribution in [2.75, 3.05) is 0 Å². The molecule has 7 nitrogen and oxygen atoms in total. The molecule has 0 spiro atoms. The van der Waals surface area contributed by atoms with Crippen LogP contribution in [0.3, 0.4) is 0 Å². The molecule has 0 unspecified atom stereocenters. The zero-order chi connectivity index (χ0) is 12.6. The lowest BCUT2D eigenvalue weighted by Crippen LogP contribution is -2.06. The third kappa shape index (κ3) is 2.28. The second kappa shape index (κ2) is 4.17. The molecule has 0 radical (unpaired) electrons. The summed E-state index contributed by atoms with van der Waals surface area (Å²) in [7, 11) is 1.81. The molecule has 0 saturated heterocycles. The van der Waals surface area contributed by atoms with E-state index in [1.54, 1.807) is 4.68 Å². The van der Waals surface area contributed by atoms with Crippen LogP contribution in [0, 0.1) is 17.0 Å². The van der Waals surface area contributed by atoms with E-state index >= 15 is 0 Å². The first-order chi connectivity index (χ1) is 7.97. The molecule has 2 rings (SSSR count). The van der Waals surface area contributed by atoms with Crippen molar-refractivity contribution < 1.29 is 4.92 Å². The van der Waals surface area contributed by atoms with E-state index in [0.717, 1.165) is 11.4 Å². The van der Waals surface area contributed by atoms with Gasteiger partial charge in [-0.3, -0.25) is 4.68 Å². The van der Waals surface area contributed by atoms with Crippen molar-refractivity contribution in [2.45, 2.75) is 13.5 Å². The zero-order valence-electron chi connectivity index (χ0n) is 9.29. The smallest absolute Gasteiger partial charge is 0.358 e. The molecule has 0 fully saturated rings. The highest BCUT2D eigenvalue weighted by atomic mass is 35.5. The number of hydrogen-bond acceptors (Lipinski definition) is 4. The number of halogens is 1. The summed E-state index contributed by atoms with van der Waals surface area (Å²) in [6.45, 7) is 2.27. The first-order valence-electron chi connectivity index (χ1n) is 4.84. The molecule has 2 aromatic heterocycles. The maximum absolute atomic E-state index is 10.6. The maximum Gasteiger partial charge on any atom is 0.408 e. The fourth-order valence-electron chi connectivity index (χ4n) is 1.57. The summed E-state index contributed by atoms with van der Waals surface area (Å²) < 4.78 is 3.13. The van der Waals surface area contributed by atoms with Gasteiger partial charge in [0.1, 0.15) is 6.54 Å². The number of aromatic nitrogens is 4. The lowest BCUT2D eigenvalue weighted by molar-refractivity contribution is -0.389. The number of nitrogens with zero attached hydrogens (tertiary/aromatic N) is 5. The van der Waals surface area contributed by atoms with Crippen molar-refractivity contribution >= 4 is 17.4 Å². The van der Waals surface area contributed by atoms with Crippen LogP contribution in [0.1, 0.15) is 11.4 Å². The summed E-state index contributed by atoms with van der Waals surface area (Å²) in [4.78, 5) is 9.98. The third-order valence-electron chi connectivity index (χ3n) is 2.29. The Kier molecular flexibility index (Phi) is 2.84. The lowest BCUT2D eigenvalue weighted by Gasteiger charge is -1.97. The van der Waals surface area contributed by atoms with Crippen LogP contribution in [0.5, 0.6) is 0 Å². The van der Waals surface area contributed by atoms with Gasteiger partial charge in [-0.1, -0.05) is 11.6 Å². The molecule has 0 aliphatic carbocycles. The Labute approximate surface area is 102 Å². The SMILES string of the molecule is Cc1cc(Cn2cc(Cl)c([N+](=O)[O-])n2)n(C)n1. The fourth-order valence-corrected chi connectivity index (χ4v) is 1.79. The molecule has 0 bridgehead atoms. The molecule has 0 saturated carbocycles. The van der Waals surface area contributed by atoms with Crippen LogP contribution in [0.2, 0.25) is 5.02 Å². The van der Waals surface area contributed by atoms with Crippen LogP contribution in [-0.4, -0.2) is 24.5 Å². The Balaban J connectivity index is 2.28. The summed E-state index contributed by atoms with van der Waals surface area (Å²) in [6.07, 6.45) is 1.43. The van der Waals surface area contributed by atoms with E-state index in [4.69, 9.17) is 11.6 Å². The Hall–Kier alpha value is -1.89. The quantitative estimate of drug-likeness (QED) is 0.615. The monoisotopic (exact) mass is 255 g/mol. The number of nitro groups is 1. The van der Waals surface area contributed by atoms with Crippen molar-refractivity contribution in [3.8, 4) is 0 Å². The average molecular weight is 256 g/mol. The minimum atomic E-state index is -0.604. The van der Waals surface area contributed by atoms with Crippen molar-refractivity contribution in [1.29, 1.82) is 0 Å². The van der Waals surface area contributed by atoms with Crippen LogP contribution in [0.25, 0.3) is 0 Å². The molecule has 0 aromatic carbocycles. The molecular weight excluding hydrogens is 246 g/mol. The predicted octanol–water partition coefficient (Wildman–Crippen LogP) is 1.53. The van der Waals surface area contributed by atoms with Crippen LogP contribution in [0.15, 0.2) is 12.3 Å². The topological polar surface area (TPSA) is 78.8 Å². The standard InChI is InChI=1S/C9H10ClN5O2/c1-6-3-7(13(2)11-6)4-14-5-8(10)9(12-14)15(16)17/h3,5H,4H2,1-2H3. The molecule has 0 amide bonds. The van der Waals surface area contributed by atoms with Crippen molar-refractivity contribution in [2.24, 2.45) is 7.05 Å². The van der Waals surface area contributed by atoms with Crippen LogP contribution in [0.4, 0.5) is 5.82 Å². The van der Waals surface area contributed by atoms with E-state index < -0.39 is 4.92 Å². The summed E-state index contributed by atoms with van der Waals surface area (Å²) in [5.41, 5.74) is 1.78. The van der Waals surface area contributed by atoms with Gasteiger partial charge in [0, 0.05) is 7.05 Å². The number of hydrogen-bond donors (Lipinski definition) is 0. The minimum Gasteiger partial charge on any atom is -0.358 e. The van der Waals surface area contributed by atoms with Gasteiger partial charge in [-0.25, -0.2) is 0 Å². The Morgan fingerprint density at radius 2 is 2.24 bits per heavy atom. The Morgan fingerprint density at radius 1 is 1.53 bits per heavy atom. The summed E-state index contributed by atoms with van der Waals surface area (Å²) in [5, 5.41) is 18.6. The molecule has 2 aromatic rings. The average Bonchev–Trinajstić information content (AvgIpc) is 2.71. The summed E-state index contributed by atoms with van der Waals surface area (Å²) >= 11 is 5.70. The Bertz CT molecular complexity index is 574. The summed E-state index contributed by atoms with van der Waals surface area (Å²) in [6, 6.07) is 1.89. The Morgan fingerprint density at radius 3 is 2.71 bits per heavy atom. The first kappa shape index (κ1) is 11.6. The molecule has 0 N–H and O–H groups in total. The van der Waals surface area contributed by atoms with Crippen molar-refractivity contribution in [3.05, 3.63) is 38.8 Å². The highest BCUT2D eigenvalue weighted by molar-refractivity contribution is 6.32. The maximum atomic E-state index is 10.6. The van der Waals surface area contributed by atoms with Gasteiger partial charge in [0.15, 0.2) is 5.02 Å². The van der Waals surface area contributed by atoms with Gasteiger partial charge >= 0.3 is 5.82 Å². The molecule has 0 aliphatic rings. The predicted molar refractivity (Wildman–Crippen MR) is 60.9 cm³/mol. The number of rotatable bonds is 3. The largest absolute Gasteiger partial charge is 0.408 e. The van der Waals surface area contributed by atoms with Gasteiger partial charge < -0.3 is 10.1 Å². The highest BCUT2D eigenvalue weighted by Crippen LogP contribution is 2.21. The molecule has 0 atom stereocenters. The summed E-state index contributed by atoms with van der Waals surface area (Å²) in [5.74, 6) is -0.328. The molecule has 2 heterocycles. The second-order valence-corrected chi connectivity index (χ2v) is 4.06. The zero-order valence-corrected chi connectivity index (χ0v) is 10.0. The third-order valence-corrected chi connectivity index (χ3v) is 2.56. The van der Waals surface area contributed by atoms with Crippen LogP contribution >= 0.6 is 11.6 Å². The van der Waals surface area contributed by atoms with Gasteiger partial charge in [0.2, 0.25) is 0 Å². The van der Waals surface area contributed by atoms with Crippen LogP contribution < -0.4 is 0 Å². The molecular formula is C9H10ClN5O2. The van der Waals surface area contributed by atoms with Crippen molar-refractivity contribution in [1.82, 2.24) is 19.6 Å². The normalized spacial score (nSPS) is 10.8. The van der Waals surface area contributed by atoms with Crippen molar-refractivity contribution in [3.63, 3.8) is 0 Å². The van der Waals surface area contributed by atoms with E-state index in [-0.39, 0.29) is 10.8 Å². The van der Waals surface area contributed by atoms with E-state index in [0.29, 0.717) is 6.54 Å². The molecule has 17 heavy (non-hydrogen) atoms. The molecule has 8 heteroatoms. The van der Waals surface area contributed by atoms with Gasteiger partial charge in [-0.15, -0.1) is 0 Å². The fraction of sp³-hybridized carbons (Fsp3) is 0.333. The van der Waals surface area contributed by atoms with E-state index in [1.807, 2.05) is 20.0 Å². The second-order valence-electron chi connectivity index (χ2n) is 3.66. The first-order valence-corrected chi connectivity index (χ1v) is 5.22. The van der Waals surface area contributed by atoms with Crippen LogP contribution in [-0.2, 0) is 13.6 Å². The van der Waals surface area contributed by atoms with Gasteiger partial charge in [0.25, 0.3) is 0 Å². The number of aryl methyl sites for hydroxylation is 2. The lowest BCUT2D eigenvalue weighted by atomic mass is 10.4. The van der Waals surface area contributed by atoms with E-state index in [1.165, 1.54) is 10.9 Å².